The average Bonchev–Trinajstić information content (AvgIpc) is 2.65. The number of anilines is 1. The van der Waals surface area contributed by atoms with Crippen LogP contribution in [0, 0.1) is 0 Å². The number of nitrogens with zero attached hydrogens (tertiary/aromatic N) is 1. The first kappa shape index (κ1) is 20.8. The molecule has 0 aliphatic heterocycles. The van der Waals surface area contributed by atoms with Gasteiger partial charge in [0, 0.05) is 0 Å². The van der Waals surface area contributed by atoms with Crippen LogP contribution in [-0.4, -0.2) is 33.7 Å². The van der Waals surface area contributed by atoms with Gasteiger partial charge in [-0.2, -0.15) is 0 Å². The minimum Gasteiger partial charge on any atom is -0.494 e. The predicted octanol–water partition coefficient (Wildman–Crippen LogP) is 3.12. The van der Waals surface area contributed by atoms with Gasteiger partial charge in [-0.25, -0.2) is 8.42 Å². The summed E-state index contributed by atoms with van der Waals surface area (Å²) in [6.07, 6.45) is 1.97. The highest BCUT2D eigenvalue weighted by molar-refractivity contribution is 7.92. The summed E-state index contributed by atoms with van der Waals surface area (Å²) in [4.78, 5) is 12.4. The molecule has 1 amide bonds. The van der Waals surface area contributed by atoms with E-state index >= 15 is 0 Å². The first-order valence-corrected chi connectivity index (χ1v) is 10.7. The van der Waals surface area contributed by atoms with Crippen molar-refractivity contribution in [2.45, 2.75) is 26.3 Å². The Hall–Kier alpha value is -2.54. The van der Waals surface area contributed by atoms with Gasteiger partial charge < -0.3 is 10.1 Å². The lowest BCUT2D eigenvalue weighted by molar-refractivity contribution is -0.120. The summed E-state index contributed by atoms with van der Waals surface area (Å²) in [7, 11) is -3.61. The van der Waals surface area contributed by atoms with Crippen LogP contribution in [0.15, 0.2) is 54.6 Å². The maximum absolute atomic E-state index is 12.4. The number of ether oxygens (including phenoxy) is 1. The van der Waals surface area contributed by atoms with E-state index in [1.54, 1.807) is 24.3 Å². The van der Waals surface area contributed by atoms with Crippen molar-refractivity contribution >= 4 is 21.6 Å². The Balaban J connectivity index is 2.09. The van der Waals surface area contributed by atoms with E-state index < -0.39 is 10.0 Å². The number of amides is 1. The molecule has 0 radical (unpaired) electrons. The quantitative estimate of drug-likeness (QED) is 0.714. The normalized spacial score (nSPS) is 12.3. The molecule has 0 aromatic heterocycles. The molecule has 0 saturated heterocycles. The standard InChI is InChI=1S/C20H26N2O4S/c1-4-14-26-19-12-10-18(11-13-19)22(27(3,24)25)15-20(23)21-16(2)17-8-6-5-7-9-17/h5-13,16H,4,14-15H2,1-3H3,(H,21,23)/t16-/m1/s1. The second-order valence-corrected chi connectivity index (χ2v) is 8.22. The molecule has 2 aromatic rings. The molecule has 0 aliphatic rings. The number of benzene rings is 2. The van der Waals surface area contributed by atoms with Crippen molar-refractivity contribution in [3.05, 3.63) is 60.2 Å². The molecule has 27 heavy (non-hydrogen) atoms. The molecule has 0 bridgehead atoms. The van der Waals surface area contributed by atoms with Crippen molar-refractivity contribution in [2.24, 2.45) is 0 Å². The Kier molecular flexibility index (Phi) is 7.24. The molecule has 0 fully saturated rings. The molecule has 6 nitrogen and oxygen atoms in total. The number of rotatable bonds is 9. The van der Waals surface area contributed by atoms with Gasteiger partial charge in [0.05, 0.1) is 24.6 Å². The molecule has 1 atom stereocenters. The van der Waals surface area contributed by atoms with Crippen molar-refractivity contribution in [1.82, 2.24) is 5.32 Å². The van der Waals surface area contributed by atoms with Crippen molar-refractivity contribution < 1.29 is 17.9 Å². The molecular weight excluding hydrogens is 364 g/mol. The largest absolute Gasteiger partial charge is 0.494 e. The minimum absolute atomic E-state index is 0.218. The van der Waals surface area contributed by atoms with Crippen LogP contribution in [0.3, 0.4) is 0 Å². The predicted molar refractivity (Wildman–Crippen MR) is 107 cm³/mol. The van der Waals surface area contributed by atoms with E-state index in [2.05, 4.69) is 5.32 Å². The van der Waals surface area contributed by atoms with Crippen LogP contribution in [0.1, 0.15) is 31.9 Å². The van der Waals surface area contributed by atoms with Crippen LogP contribution in [-0.2, 0) is 14.8 Å². The van der Waals surface area contributed by atoms with Gasteiger partial charge >= 0.3 is 0 Å². The highest BCUT2D eigenvalue weighted by atomic mass is 32.2. The van der Waals surface area contributed by atoms with Crippen molar-refractivity contribution in [3.63, 3.8) is 0 Å². The molecule has 0 spiro atoms. The van der Waals surface area contributed by atoms with Gasteiger partial charge in [0.2, 0.25) is 15.9 Å². The molecule has 7 heteroatoms. The molecule has 146 valence electrons. The summed E-state index contributed by atoms with van der Waals surface area (Å²) in [6, 6.07) is 16.0. The zero-order chi connectivity index (χ0) is 19.9. The third-order valence-electron chi connectivity index (χ3n) is 3.96. The van der Waals surface area contributed by atoms with Crippen molar-refractivity contribution in [2.75, 3.05) is 23.7 Å². The van der Waals surface area contributed by atoms with E-state index in [0.717, 1.165) is 22.5 Å². The monoisotopic (exact) mass is 390 g/mol. The van der Waals surface area contributed by atoms with Gasteiger partial charge in [0.1, 0.15) is 12.3 Å². The number of hydrogen-bond donors (Lipinski definition) is 1. The second kappa shape index (κ2) is 9.41. The van der Waals surface area contributed by atoms with Crippen LogP contribution in [0.2, 0.25) is 0 Å². The Morgan fingerprint density at radius 2 is 1.74 bits per heavy atom. The van der Waals surface area contributed by atoms with Crippen LogP contribution >= 0.6 is 0 Å². The molecule has 0 aliphatic carbocycles. The van der Waals surface area contributed by atoms with E-state index in [1.165, 1.54) is 0 Å². The summed E-state index contributed by atoms with van der Waals surface area (Å²) < 4.78 is 31.0. The summed E-state index contributed by atoms with van der Waals surface area (Å²) in [5, 5.41) is 2.84. The van der Waals surface area contributed by atoms with Gasteiger partial charge in [0.15, 0.2) is 0 Å². The second-order valence-electron chi connectivity index (χ2n) is 6.31. The van der Waals surface area contributed by atoms with Crippen LogP contribution in [0.5, 0.6) is 5.75 Å². The van der Waals surface area contributed by atoms with Crippen molar-refractivity contribution in [1.29, 1.82) is 0 Å². The van der Waals surface area contributed by atoms with Gasteiger partial charge in [-0.15, -0.1) is 0 Å². The SMILES string of the molecule is CCCOc1ccc(N(CC(=O)N[C@H](C)c2ccccc2)S(C)(=O)=O)cc1. The highest BCUT2D eigenvalue weighted by Crippen LogP contribution is 2.22. The third-order valence-corrected chi connectivity index (χ3v) is 5.10. The molecule has 0 saturated carbocycles. The number of nitrogens with one attached hydrogen (secondary N) is 1. The van der Waals surface area contributed by atoms with E-state index in [0.29, 0.717) is 18.0 Å². The average molecular weight is 391 g/mol. The molecular formula is C20H26N2O4S. The first-order chi connectivity index (χ1) is 12.8. The van der Waals surface area contributed by atoms with Crippen LogP contribution in [0.25, 0.3) is 0 Å². The maximum atomic E-state index is 12.4. The maximum Gasteiger partial charge on any atom is 0.241 e. The van der Waals surface area contributed by atoms with Gasteiger partial charge in [-0.05, 0) is 43.2 Å². The Labute approximate surface area is 161 Å². The molecule has 1 N–H and O–H groups in total. The zero-order valence-electron chi connectivity index (χ0n) is 15.9. The molecule has 2 rings (SSSR count). The Bertz CT molecular complexity index is 836. The number of carbonyl (C=O) groups is 1. The number of hydrogen-bond acceptors (Lipinski definition) is 4. The summed E-state index contributed by atoms with van der Waals surface area (Å²) in [5.41, 5.74) is 1.37. The zero-order valence-corrected chi connectivity index (χ0v) is 16.7. The van der Waals surface area contributed by atoms with E-state index in [4.69, 9.17) is 4.74 Å². The van der Waals surface area contributed by atoms with Crippen molar-refractivity contribution in [3.8, 4) is 5.75 Å². The fourth-order valence-corrected chi connectivity index (χ4v) is 3.43. The Morgan fingerprint density at radius 1 is 1.11 bits per heavy atom. The Morgan fingerprint density at radius 3 is 2.30 bits per heavy atom. The lowest BCUT2D eigenvalue weighted by atomic mass is 10.1. The number of carbonyl (C=O) groups excluding carboxylic acids is 1. The molecule has 0 heterocycles. The van der Waals surface area contributed by atoms with E-state index in [1.807, 2.05) is 44.2 Å². The first-order valence-electron chi connectivity index (χ1n) is 8.86. The highest BCUT2D eigenvalue weighted by Gasteiger charge is 2.22. The summed E-state index contributed by atoms with van der Waals surface area (Å²) >= 11 is 0. The van der Waals surface area contributed by atoms with Gasteiger partial charge in [-0.1, -0.05) is 37.3 Å². The number of sulfonamides is 1. The molecule has 2 aromatic carbocycles. The topological polar surface area (TPSA) is 75.7 Å². The fraction of sp³-hybridized carbons (Fsp3) is 0.350. The lowest BCUT2D eigenvalue weighted by Gasteiger charge is -2.23. The van der Waals surface area contributed by atoms with E-state index in [-0.39, 0.29) is 18.5 Å². The smallest absolute Gasteiger partial charge is 0.241 e. The fourth-order valence-electron chi connectivity index (χ4n) is 2.57. The van der Waals surface area contributed by atoms with Crippen LogP contribution < -0.4 is 14.4 Å². The van der Waals surface area contributed by atoms with Gasteiger partial charge in [-0.3, -0.25) is 9.10 Å². The van der Waals surface area contributed by atoms with E-state index in [9.17, 15) is 13.2 Å². The third kappa shape index (κ3) is 6.29. The lowest BCUT2D eigenvalue weighted by Crippen LogP contribution is -2.41. The summed E-state index contributed by atoms with van der Waals surface area (Å²) in [6.45, 7) is 4.17. The van der Waals surface area contributed by atoms with Gasteiger partial charge in [0.25, 0.3) is 0 Å². The minimum atomic E-state index is -3.61. The summed E-state index contributed by atoms with van der Waals surface area (Å²) in [5.74, 6) is 0.291. The molecule has 0 unspecified atom stereocenters. The van der Waals surface area contributed by atoms with Crippen LogP contribution in [0.4, 0.5) is 5.69 Å².